The Kier molecular flexibility index (Phi) is 3.94. The number of aromatic nitrogens is 1. The highest BCUT2D eigenvalue weighted by Gasteiger charge is 2.10. The summed E-state index contributed by atoms with van der Waals surface area (Å²) in [5.41, 5.74) is 2.55. The third-order valence-corrected chi connectivity index (χ3v) is 3.35. The fourth-order valence-corrected chi connectivity index (χ4v) is 2.22. The molecule has 0 saturated carbocycles. The summed E-state index contributed by atoms with van der Waals surface area (Å²) >= 11 is 0. The summed E-state index contributed by atoms with van der Waals surface area (Å²) in [5, 5.41) is 0. The van der Waals surface area contributed by atoms with Gasteiger partial charge < -0.3 is 0 Å². The first-order valence-electron chi connectivity index (χ1n) is 6.43. The molecule has 2 heterocycles. The zero-order chi connectivity index (χ0) is 11.4. The normalized spacial score (nSPS) is 17.9. The number of hydrogen-bond acceptors (Lipinski definition) is 2. The van der Waals surface area contributed by atoms with Crippen LogP contribution in [0.25, 0.3) is 0 Å². The van der Waals surface area contributed by atoms with Gasteiger partial charge in [0.1, 0.15) is 0 Å². The molecule has 0 spiro atoms. The molecule has 0 amide bonds. The second kappa shape index (κ2) is 5.44. The average Bonchev–Trinajstić information content (AvgIpc) is 2.31. The Bertz CT molecular complexity index is 310. The van der Waals surface area contributed by atoms with Gasteiger partial charge in [-0.05, 0) is 43.5 Å². The van der Waals surface area contributed by atoms with Gasteiger partial charge >= 0.3 is 0 Å². The van der Waals surface area contributed by atoms with Crippen LogP contribution in [0.4, 0.5) is 0 Å². The number of nitrogens with zero attached hydrogens (tertiary/aromatic N) is 2. The van der Waals surface area contributed by atoms with Gasteiger partial charge in [-0.15, -0.1) is 0 Å². The van der Waals surface area contributed by atoms with Gasteiger partial charge in [0.25, 0.3) is 0 Å². The second-order valence-corrected chi connectivity index (χ2v) is 5.07. The third-order valence-electron chi connectivity index (χ3n) is 3.35. The number of rotatable bonds is 3. The molecular formula is C14H22N2. The Balaban J connectivity index is 1.93. The summed E-state index contributed by atoms with van der Waals surface area (Å²) in [6.07, 6.45) is 6.13. The smallest absolute Gasteiger partial charge is 0.0544 e. The van der Waals surface area contributed by atoms with E-state index < -0.39 is 0 Å². The molecule has 1 aromatic rings. The van der Waals surface area contributed by atoms with Gasteiger partial charge in [-0.1, -0.05) is 26.3 Å². The van der Waals surface area contributed by atoms with E-state index in [0.29, 0.717) is 5.92 Å². The third kappa shape index (κ3) is 3.05. The van der Waals surface area contributed by atoms with Crippen molar-refractivity contribution in [2.45, 2.75) is 45.6 Å². The zero-order valence-electron chi connectivity index (χ0n) is 10.4. The van der Waals surface area contributed by atoms with Crippen LogP contribution in [0, 0.1) is 0 Å². The molecule has 0 aromatic carbocycles. The van der Waals surface area contributed by atoms with Crippen molar-refractivity contribution < 1.29 is 0 Å². The standard InChI is InChI=1S/C14H22N2/c1-12(2)13-6-7-14(15-10-13)11-16-8-4-3-5-9-16/h6-7,10,12H,3-5,8-9,11H2,1-2H3. The van der Waals surface area contributed by atoms with E-state index in [9.17, 15) is 0 Å². The topological polar surface area (TPSA) is 16.1 Å². The van der Waals surface area contributed by atoms with Crippen molar-refractivity contribution in [3.63, 3.8) is 0 Å². The predicted octanol–water partition coefficient (Wildman–Crippen LogP) is 3.19. The quantitative estimate of drug-likeness (QED) is 0.774. The fourth-order valence-electron chi connectivity index (χ4n) is 2.22. The SMILES string of the molecule is CC(C)c1ccc(CN2CCCCC2)nc1. The molecule has 0 radical (unpaired) electrons. The van der Waals surface area contributed by atoms with Gasteiger partial charge in [0, 0.05) is 12.7 Å². The maximum Gasteiger partial charge on any atom is 0.0544 e. The van der Waals surface area contributed by atoms with Crippen LogP contribution in [0.2, 0.25) is 0 Å². The highest BCUT2D eigenvalue weighted by atomic mass is 15.1. The number of piperidine rings is 1. The summed E-state index contributed by atoms with van der Waals surface area (Å²) < 4.78 is 0. The van der Waals surface area contributed by atoms with Crippen molar-refractivity contribution in [1.82, 2.24) is 9.88 Å². The molecule has 2 rings (SSSR count). The van der Waals surface area contributed by atoms with E-state index in [-0.39, 0.29) is 0 Å². The molecule has 1 aliphatic heterocycles. The molecule has 0 bridgehead atoms. The summed E-state index contributed by atoms with van der Waals surface area (Å²) in [5.74, 6) is 0.580. The van der Waals surface area contributed by atoms with E-state index in [0.717, 1.165) is 6.54 Å². The second-order valence-electron chi connectivity index (χ2n) is 5.07. The maximum atomic E-state index is 4.55. The summed E-state index contributed by atoms with van der Waals surface area (Å²) in [6, 6.07) is 4.40. The number of pyridine rings is 1. The average molecular weight is 218 g/mol. The monoisotopic (exact) mass is 218 g/mol. The molecule has 88 valence electrons. The minimum Gasteiger partial charge on any atom is -0.298 e. The van der Waals surface area contributed by atoms with E-state index in [1.807, 2.05) is 6.20 Å². The lowest BCUT2D eigenvalue weighted by atomic mass is 10.1. The molecule has 0 N–H and O–H groups in total. The molecule has 0 unspecified atom stereocenters. The number of hydrogen-bond donors (Lipinski definition) is 0. The van der Waals surface area contributed by atoms with Crippen LogP contribution in [-0.4, -0.2) is 23.0 Å². The first-order chi connectivity index (χ1) is 7.75. The summed E-state index contributed by atoms with van der Waals surface area (Å²) in [7, 11) is 0. The molecule has 1 saturated heterocycles. The molecule has 2 nitrogen and oxygen atoms in total. The predicted molar refractivity (Wildman–Crippen MR) is 67.5 cm³/mol. The molecule has 0 atom stereocenters. The van der Waals surface area contributed by atoms with Crippen molar-refractivity contribution in [3.8, 4) is 0 Å². The van der Waals surface area contributed by atoms with Crippen LogP contribution in [-0.2, 0) is 6.54 Å². The first kappa shape index (κ1) is 11.6. The van der Waals surface area contributed by atoms with Gasteiger partial charge in [-0.3, -0.25) is 9.88 Å². The Labute approximate surface area is 98.7 Å². The summed E-state index contributed by atoms with van der Waals surface area (Å²) in [4.78, 5) is 7.07. The van der Waals surface area contributed by atoms with Crippen molar-refractivity contribution in [2.24, 2.45) is 0 Å². The highest BCUT2D eigenvalue weighted by molar-refractivity contribution is 5.17. The largest absolute Gasteiger partial charge is 0.298 e. The van der Waals surface area contributed by atoms with Crippen LogP contribution >= 0.6 is 0 Å². The lowest BCUT2D eigenvalue weighted by Crippen LogP contribution is -2.29. The van der Waals surface area contributed by atoms with Crippen molar-refractivity contribution >= 4 is 0 Å². The molecule has 1 aromatic heterocycles. The van der Waals surface area contributed by atoms with E-state index in [4.69, 9.17) is 0 Å². The van der Waals surface area contributed by atoms with E-state index in [1.165, 1.54) is 43.6 Å². The molecule has 1 fully saturated rings. The lowest BCUT2D eigenvalue weighted by Gasteiger charge is -2.25. The maximum absolute atomic E-state index is 4.55. The minimum absolute atomic E-state index is 0.580. The van der Waals surface area contributed by atoms with Gasteiger partial charge in [-0.2, -0.15) is 0 Å². The highest BCUT2D eigenvalue weighted by Crippen LogP contribution is 2.15. The van der Waals surface area contributed by atoms with Crippen LogP contribution < -0.4 is 0 Å². The fraction of sp³-hybridized carbons (Fsp3) is 0.643. The Morgan fingerprint density at radius 2 is 1.94 bits per heavy atom. The van der Waals surface area contributed by atoms with Crippen molar-refractivity contribution in [3.05, 3.63) is 29.6 Å². The molecule has 2 heteroatoms. The van der Waals surface area contributed by atoms with E-state index in [2.05, 4.69) is 35.9 Å². The van der Waals surface area contributed by atoms with Crippen LogP contribution in [0.5, 0.6) is 0 Å². The molecule has 16 heavy (non-hydrogen) atoms. The summed E-state index contributed by atoms with van der Waals surface area (Å²) in [6.45, 7) is 7.93. The van der Waals surface area contributed by atoms with Crippen LogP contribution in [0.3, 0.4) is 0 Å². The molecule has 1 aliphatic rings. The van der Waals surface area contributed by atoms with Crippen LogP contribution in [0.1, 0.15) is 50.3 Å². The molecule has 0 aliphatic carbocycles. The van der Waals surface area contributed by atoms with Crippen LogP contribution in [0.15, 0.2) is 18.3 Å². The van der Waals surface area contributed by atoms with E-state index in [1.54, 1.807) is 0 Å². The first-order valence-corrected chi connectivity index (χ1v) is 6.43. The lowest BCUT2D eigenvalue weighted by molar-refractivity contribution is 0.218. The van der Waals surface area contributed by atoms with Gasteiger partial charge in [0.2, 0.25) is 0 Å². The minimum atomic E-state index is 0.580. The van der Waals surface area contributed by atoms with E-state index >= 15 is 0 Å². The zero-order valence-corrected chi connectivity index (χ0v) is 10.4. The van der Waals surface area contributed by atoms with Crippen molar-refractivity contribution in [2.75, 3.05) is 13.1 Å². The van der Waals surface area contributed by atoms with Crippen molar-refractivity contribution in [1.29, 1.82) is 0 Å². The van der Waals surface area contributed by atoms with Gasteiger partial charge in [0.05, 0.1) is 5.69 Å². The Morgan fingerprint density at radius 1 is 1.19 bits per heavy atom. The Morgan fingerprint density at radius 3 is 2.50 bits per heavy atom. The van der Waals surface area contributed by atoms with Gasteiger partial charge in [-0.25, -0.2) is 0 Å². The number of likely N-dealkylation sites (tertiary alicyclic amines) is 1. The Hall–Kier alpha value is -0.890. The molecular weight excluding hydrogens is 196 g/mol. The van der Waals surface area contributed by atoms with Gasteiger partial charge in [0.15, 0.2) is 0 Å².